The molecular formula is C3H8O2Sc. The summed E-state index contributed by atoms with van der Waals surface area (Å²) in [7, 11) is 1.55. The van der Waals surface area contributed by atoms with Gasteiger partial charge in [0.25, 0.3) is 0 Å². The summed E-state index contributed by atoms with van der Waals surface area (Å²) in [5, 5.41) is 7.94. The number of hydrogen-bond acceptors (Lipinski definition) is 2. The first-order valence-corrected chi connectivity index (χ1v) is 1.51. The Bertz CT molecular complexity index is 16.3. The fourth-order valence-corrected chi connectivity index (χ4v) is 0.0913. The van der Waals surface area contributed by atoms with Gasteiger partial charge in [0.1, 0.15) is 0 Å². The predicted octanol–water partition coefficient (Wildman–Crippen LogP) is -0.377. The normalized spacial score (nSPS) is 7.00. The van der Waals surface area contributed by atoms with Crippen molar-refractivity contribution in [2.24, 2.45) is 0 Å². The van der Waals surface area contributed by atoms with E-state index in [9.17, 15) is 0 Å². The summed E-state index contributed by atoms with van der Waals surface area (Å²) in [6.45, 7) is 0.566. The molecule has 0 aliphatic heterocycles. The Morgan fingerprint density at radius 3 is 2.17 bits per heavy atom. The number of methoxy groups -OCH3 is 1. The molecule has 1 N–H and O–H groups in total. The van der Waals surface area contributed by atoms with Crippen LogP contribution in [0.15, 0.2) is 0 Å². The van der Waals surface area contributed by atoms with Crippen LogP contribution in [0.1, 0.15) is 0 Å². The van der Waals surface area contributed by atoms with Crippen LogP contribution in [0.4, 0.5) is 0 Å². The molecule has 0 atom stereocenters. The SMILES string of the molecule is COCCO.[Sc]. The second-order valence-corrected chi connectivity index (χ2v) is 0.716. The minimum absolute atomic E-state index is 0. The zero-order chi connectivity index (χ0) is 4.12. The van der Waals surface area contributed by atoms with Gasteiger partial charge in [-0.05, 0) is 0 Å². The Balaban J connectivity index is 0. The quantitative estimate of drug-likeness (QED) is 0.539. The molecule has 0 aromatic carbocycles. The van der Waals surface area contributed by atoms with Crippen molar-refractivity contribution in [1.82, 2.24) is 0 Å². The van der Waals surface area contributed by atoms with Crippen LogP contribution in [0, 0.1) is 0 Å². The van der Waals surface area contributed by atoms with E-state index in [1.54, 1.807) is 7.11 Å². The van der Waals surface area contributed by atoms with Gasteiger partial charge in [0.2, 0.25) is 0 Å². The molecule has 0 spiro atoms. The number of aliphatic hydroxyl groups excluding tert-OH is 1. The third kappa shape index (κ3) is 8.84. The second-order valence-electron chi connectivity index (χ2n) is 0.716. The summed E-state index contributed by atoms with van der Waals surface area (Å²) < 4.78 is 4.44. The molecule has 0 heterocycles. The molecular weight excluding hydrogens is 113 g/mol. The van der Waals surface area contributed by atoms with E-state index in [4.69, 9.17) is 5.11 Å². The van der Waals surface area contributed by atoms with Crippen molar-refractivity contribution in [2.75, 3.05) is 20.3 Å². The fraction of sp³-hybridized carbons (Fsp3) is 1.00. The number of hydrogen-bond donors (Lipinski definition) is 1. The van der Waals surface area contributed by atoms with E-state index in [1.807, 2.05) is 0 Å². The predicted molar refractivity (Wildman–Crippen MR) is 19.0 cm³/mol. The molecule has 0 aliphatic carbocycles. The first-order chi connectivity index (χ1) is 2.41. The molecule has 0 saturated carbocycles. The molecule has 0 aromatic rings. The van der Waals surface area contributed by atoms with Crippen molar-refractivity contribution < 1.29 is 35.7 Å². The Morgan fingerprint density at radius 2 is 2.17 bits per heavy atom. The van der Waals surface area contributed by atoms with Gasteiger partial charge >= 0.3 is 0 Å². The molecule has 0 rings (SSSR count). The molecule has 0 fully saturated rings. The van der Waals surface area contributed by atoms with Gasteiger partial charge in [-0.2, -0.15) is 0 Å². The average molecular weight is 121 g/mol. The van der Waals surface area contributed by atoms with E-state index < -0.39 is 0 Å². The van der Waals surface area contributed by atoms with Gasteiger partial charge < -0.3 is 9.84 Å². The van der Waals surface area contributed by atoms with Crippen LogP contribution >= 0.6 is 0 Å². The van der Waals surface area contributed by atoms with E-state index >= 15 is 0 Å². The summed E-state index contributed by atoms with van der Waals surface area (Å²) in [5.74, 6) is 0. The molecule has 6 heavy (non-hydrogen) atoms. The number of aliphatic hydroxyl groups is 1. The summed E-state index contributed by atoms with van der Waals surface area (Å²) in [5.41, 5.74) is 0. The Kier molecular flexibility index (Phi) is 15.3. The smallest absolute Gasteiger partial charge is 0.0693 e. The van der Waals surface area contributed by atoms with E-state index in [-0.39, 0.29) is 32.5 Å². The first-order valence-electron chi connectivity index (χ1n) is 1.51. The van der Waals surface area contributed by atoms with Gasteiger partial charge in [0.05, 0.1) is 13.2 Å². The zero-order valence-corrected chi connectivity index (χ0v) is 5.65. The average Bonchev–Trinajstić information content (AvgIpc) is 1.41. The van der Waals surface area contributed by atoms with Crippen LogP contribution in [-0.4, -0.2) is 25.4 Å². The first kappa shape index (κ1) is 9.92. The van der Waals surface area contributed by atoms with Gasteiger partial charge in [0, 0.05) is 33.0 Å². The molecule has 0 bridgehead atoms. The summed E-state index contributed by atoms with van der Waals surface area (Å²) in [6, 6.07) is 0. The molecule has 35 valence electrons. The van der Waals surface area contributed by atoms with Gasteiger partial charge in [-0.15, -0.1) is 0 Å². The van der Waals surface area contributed by atoms with Crippen LogP contribution in [0.2, 0.25) is 0 Å². The third-order valence-electron chi connectivity index (χ3n) is 0.295. The van der Waals surface area contributed by atoms with E-state index in [0.717, 1.165) is 0 Å². The summed E-state index contributed by atoms with van der Waals surface area (Å²) in [4.78, 5) is 0. The van der Waals surface area contributed by atoms with Crippen LogP contribution in [0.25, 0.3) is 0 Å². The largest absolute Gasteiger partial charge is 0.394 e. The van der Waals surface area contributed by atoms with Crippen LogP contribution in [-0.2, 0) is 30.6 Å². The van der Waals surface area contributed by atoms with Gasteiger partial charge in [-0.1, -0.05) is 0 Å². The molecule has 0 amide bonds. The van der Waals surface area contributed by atoms with Crippen LogP contribution in [0.3, 0.4) is 0 Å². The molecule has 2 nitrogen and oxygen atoms in total. The number of rotatable bonds is 2. The molecule has 3 heteroatoms. The van der Waals surface area contributed by atoms with Crippen molar-refractivity contribution >= 4 is 0 Å². The van der Waals surface area contributed by atoms with Gasteiger partial charge in [0.15, 0.2) is 0 Å². The summed E-state index contributed by atoms with van der Waals surface area (Å²) in [6.07, 6.45) is 0. The standard InChI is InChI=1S/C3H8O2.Sc/c1-5-3-2-4;/h4H,2-3H2,1H3;. The van der Waals surface area contributed by atoms with Crippen molar-refractivity contribution in [3.8, 4) is 0 Å². The molecule has 0 aliphatic rings. The van der Waals surface area contributed by atoms with Crippen LogP contribution in [0.5, 0.6) is 0 Å². The Morgan fingerprint density at radius 1 is 1.67 bits per heavy atom. The van der Waals surface area contributed by atoms with Crippen molar-refractivity contribution in [2.45, 2.75) is 0 Å². The number of ether oxygens (including phenoxy) is 1. The van der Waals surface area contributed by atoms with Crippen molar-refractivity contribution in [1.29, 1.82) is 0 Å². The van der Waals surface area contributed by atoms with E-state index in [0.29, 0.717) is 6.61 Å². The molecule has 0 saturated heterocycles. The van der Waals surface area contributed by atoms with Crippen molar-refractivity contribution in [3.05, 3.63) is 0 Å². The third-order valence-corrected chi connectivity index (χ3v) is 0.295. The maximum Gasteiger partial charge on any atom is 0.0693 e. The minimum atomic E-state index is 0. The maximum absolute atomic E-state index is 7.94. The topological polar surface area (TPSA) is 29.5 Å². The molecule has 0 unspecified atom stereocenters. The van der Waals surface area contributed by atoms with E-state index in [2.05, 4.69) is 4.74 Å². The Labute approximate surface area is 56.3 Å². The second kappa shape index (κ2) is 9.25. The van der Waals surface area contributed by atoms with Gasteiger partial charge in [-0.3, -0.25) is 0 Å². The molecule has 0 aromatic heterocycles. The van der Waals surface area contributed by atoms with E-state index in [1.165, 1.54) is 0 Å². The monoisotopic (exact) mass is 121 g/mol. The maximum atomic E-state index is 7.94. The Hall–Kier alpha value is 0.790. The van der Waals surface area contributed by atoms with Crippen molar-refractivity contribution in [3.63, 3.8) is 0 Å². The zero-order valence-electron chi connectivity index (χ0n) is 3.85. The van der Waals surface area contributed by atoms with Gasteiger partial charge in [-0.25, -0.2) is 0 Å². The molecule has 1 radical (unpaired) electrons. The minimum Gasteiger partial charge on any atom is -0.394 e. The fourth-order valence-electron chi connectivity index (χ4n) is 0.0913. The van der Waals surface area contributed by atoms with Crippen LogP contribution < -0.4 is 0 Å². The summed E-state index contributed by atoms with van der Waals surface area (Å²) >= 11 is 0.